The molecule has 0 fully saturated rings. The lowest BCUT2D eigenvalue weighted by molar-refractivity contribution is 0.627. The first-order chi connectivity index (χ1) is 9.24. The Balaban J connectivity index is 1.74. The number of fused-ring (bicyclic) bond motifs is 1. The average molecular weight is 256 g/mol. The molecular weight excluding hydrogens is 239 g/mol. The van der Waals surface area contributed by atoms with Crippen molar-refractivity contribution in [1.29, 1.82) is 0 Å². The van der Waals surface area contributed by atoms with E-state index in [1.807, 2.05) is 19.2 Å². The van der Waals surface area contributed by atoms with Crippen molar-refractivity contribution in [1.82, 2.24) is 0 Å². The fourth-order valence-corrected chi connectivity index (χ4v) is 2.65. The van der Waals surface area contributed by atoms with Gasteiger partial charge in [0, 0.05) is 37.4 Å². The lowest BCUT2D eigenvalue weighted by atomic mass is 10.0. The van der Waals surface area contributed by atoms with Crippen LogP contribution in [-0.2, 0) is 0 Å². The van der Waals surface area contributed by atoms with Crippen molar-refractivity contribution < 1.29 is 4.39 Å². The highest BCUT2D eigenvalue weighted by Gasteiger charge is 2.22. The predicted molar refractivity (Wildman–Crippen MR) is 77.3 cm³/mol. The van der Waals surface area contributed by atoms with Crippen molar-refractivity contribution in [2.45, 2.75) is 5.92 Å². The Hall–Kier alpha value is -2.03. The van der Waals surface area contributed by atoms with E-state index in [9.17, 15) is 4.39 Å². The van der Waals surface area contributed by atoms with Gasteiger partial charge in [0.1, 0.15) is 5.82 Å². The molecule has 1 N–H and O–H groups in total. The Labute approximate surface area is 112 Å². The molecule has 0 amide bonds. The lowest BCUT2D eigenvalue weighted by Crippen LogP contribution is -2.25. The van der Waals surface area contributed by atoms with Gasteiger partial charge in [-0.3, -0.25) is 0 Å². The first-order valence-corrected chi connectivity index (χ1v) is 6.53. The van der Waals surface area contributed by atoms with Gasteiger partial charge >= 0.3 is 0 Å². The molecule has 0 bridgehead atoms. The summed E-state index contributed by atoms with van der Waals surface area (Å²) in [4.78, 5) is 2.17. The molecular formula is C16H17FN2. The summed E-state index contributed by atoms with van der Waals surface area (Å²) in [6.07, 6.45) is 0. The van der Waals surface area contributed by atoms with Crippen LogP contribution in [0.25, 0.3) is 0 Å². The van der Waals surface area contributed by atoms with Crippen molar-refractivity contribution in [3.05, 3.63) is 59.9 Å². The van der Waals surface area contributed by atoms with Crippen LogP contribution in [0.5, 0.6) is 0 Å². The molecule has 1 heterocycles. The summed E-state index contributed by atoms with van der Waals surface area (Å²) in [6.45, 7) is 1.89. The van der Waals surface area contributed by atoms with Crippen LogP contribution in [0, 0.1) is 5.82 Å². The van der Waals surface area contributed by atoms with Crippen LogP contribution in [0.4, 0.5) is 15.8 Å². The van der Waals surface area contributed by atoms with E-state index in [4.69, 9.17) is 0 Å². The van der Waals surface area contributed by atoms with E-state index in [1.54, 1.807) is 0 Å². The fraction of sp³-hybridized carbons (Fsp3) is 0.250. The number of nitrogens with zero attached hydrogens (tertiary/aromatic N) is 1. The van der Waals surface area contributed by atoms with E-state index < -0.39 is 0 Å². The van der Waals surface area contributed by atoms with Crippen LogP contribution >= 0.6 is 0 Å². The molecule has 19 heavy (non-hydrogen) atoms. The second-order valence-electron chi connectivity index (χ2n) is 5.02. The van der Waals surface area contributed by atoms with Crippen molar-refractivity contribution in [3.63, 3.8) is 0 Å². The van der Waals surface area contributed by atoms with Gasteiger partial charge in [0.25, 0.3) is 0 Å². The number of halogens is 1. The highest BCUT2D eigenvalue weighted by molar-refractivity contribution is 5.58. The van der Waals surface area contributed by atoms with Crippen molar-refractivity contribution in [2.75, 3.05) is 30.4 Å². The quantitative estimate of drug-likeness (QED) is 0.904. The molecule has 2 aromatic rings. The van der Waals surface area contributed by atoms with Gasteiger partial charge in [-0.15, -0.1) is 0 Å². The molecule has 0 saturated carbocycles. The number of anilines is 2. The maximum Gasteiger partial charge on any atom is 0.123 e. The van der Waals surface area contributed by atoms with Gasteiger partial charge in [0.2, 0.25) is 0 Å². The maximum atomic E-state index is 12.9. The topological polar surface area (TPSA) is 15.3 Å². The van der Waals surface area contributed by atoms with Crippen LogP contribution in [0.1, 0.15) is 11.5 Å². The largest absolute Gasteiger partial charge is 0.384 e. The second-order valence-corrected chi connectivity index (χ2v) is 5.02. The summed E-state index contributed by atoms with van der Waals surface area (Å²) in [7, 11) is 2.05. The molecule has 2 aromatic carbocycles. The third-order valence-electron chi connectivity index (χ3n) is 3.70. The summed E-state index contributed by atoms with van der Waals surface area (Å²) in [5.74, 6) is 0.288. The maximum absolute atomic E-state index is 12.9. The molecule has 0 aliphatic carbocycles. The van der Waals surface area contributed by atoms with Crippen LogP contribution in [-0.4, -0.2) is 20.1 Å². The van der Waals surface area contributed by atoms with Gasteiger partial charge in [-0.1, -0.05) is 18.2 Å². The number of hydrogen-bond acceptors (Lipinski definition) is 2. The van der Waals surface area contributed by atoms with Crippen LogP contribution in [0.15, 0.2) is 48.5 Å². The number of para-hydroxylation sites is 1. The van der Waals surface area contributed by atoms with Gasteiger partial charge < -0.3 is 10.2 Å². The van der Waals surface area contributed by atoms with E-state index in [0.29, 0.717) is 5.92 Å². The van der Waals surface area contributed by atoms with Gasteiger partial charge in [-0.05, 0) is 35.9 Å². The Morgan fingerprint density at radius 3 is 2.68 bits per heavy atom. The van der Waals surface area contributed by atoms with Crippen LogP contribution in [0.2, 0.25) is 0 Å². The monoisotopic (exact) mass is 256 g/mol. The Kier molecular flexibility index (Phi) is 3.11. The van der Waals surface area contributed by atoms with Crippen LogP contribution in [0.3, 0.4) is 0 Å². The summed E-state index contributed by atoms with van der Waals surface area (Å²) < 4.78 is 12.9. The molecule has 1 aliphatic heterocycles. The summed E-state index contributed by atoms with van der Waals surface area (Å²) in [6, 6.07) is 15.1. The summed E-state index contributed by atoms with van der Waals surface area (Å²) in [5, 5.41) is 3.43. The molecule has 0 radical (unpaired) electrons. The molecule has 3 rings (SSSR count). The van der Waals surface area contributed by atoms with E-state index in [1.165, 1.54) is 23.4 Å². The van der Waals surface area contributed by atoms with Gasteiger partial charge in [0.15, 0.2) is 0 Å². The minimum Gasteiger partial charge on any atom is -0.384 e. The molecule has 98 valence electrons. The van der Waals surface area contributed by atoms with Crippen molar-refractivity contribution >= 4 is 11.4 Å². The number of nitrogens with one attached hydrogen (secondary N) is 1. The highest BCUT2D eigenvalue weighted by atomic mass is 19.1. The Bertz CT molecular complexity index is 565. The predicted octanol–water partition coefficient (Wildman–Crippen LogP) is 3.47. The Morgan fingerprint density at radius 2 is 1.89 bits per heavy atom. The SMILES string of the molecule is CN(CC1CNc2ccccc21)c1ccc(F)cc1. The molecule has 0 aromatic heterocycles. The number of benzene rings is 2. The first kappa shape index (κ1) is 12.0. The fourth-order valence-electron chi connectivity index (χ4n) is 2.65. The second kappa shape index (κ2) is 4.92. The van der Waals surface area contributed by atoms with Gasteiger partial charge in [0.05, 0.1) is 0 Å². The first-order valence-electron chi connectivity index (χ1n) is 6.53. The minimum absolute atomic E-state index is 0.190. The zero-order chi connectivity index (χ0) is 13.2. The smallest absolute Gasteiger partial charge is 0.123 e. The molecule has 1 aliphatic rings. The van der Waals surface area contributed by atoms with E-state index in [2.05, 4.69) is 34.5 Å². The number of likely N-dealkylation sites (N-methyl/N-ethyl adjacent to an activating group) is 1. The summed E-state index contributed by atoms with van der Waals surface area (Å²) in [5.41, 5.74) is 3.65. The van der Waals surface area contributed by atoms with Crippen molar-refractivity contribution in [2.24, 2.45) is 0 Å². The standard InChI is InChI=1S/C16H17FN2/c1-19(14-8-6-13(17)7-9-14)11-12-10-18-16-5-3-2-4-15(12)16/h2-9,12,18H,10-11H2,1H3. The average Bonchev–Trinajstić information content (AvgIpc) is 2.83. The van der Waals surface area contributed by atoms with Gasteiger partial charge in [-0.2, -0.15) is 0 Å². The summed E-state index contributed by atoms with van der Waals surface area (Å²) >= 11 is 0. The number of rotatable bonds is 3. The third-order valence-corrected chi connectivity index (χ3v) is 3.70. The zero-order valence-corrected chi connectivity index (χ0v) is 10.9. The molecule has 1 unspecified atom stereocenters. The Morgan fingerprint density at radius 1 is 1.16 bits per heavy atom. The molecule has 2 nitrogen and oxygen atoms in total. The third kappa shape index (κ3) is 2.41. The molecule has 3 heteroatoms. The molecule has 0 saturated heterocycles. The molecule has 1 atom stereocenters. The molecule has 0 spiro atoms. The van der Waals surface area contributed by atoms with Crippen LogP contribution < -0.4 is 10.2 Å². The highest BCUT2D eigenvalue weighted by Crippen LogP contribution is 2.32. The lowest BCUT2D eigenvalue weighted by Gasteiger charge is -2.23. The van der Waals surface area contributed by atoms with E-state index in [0.717, 1.165) is 18.8 Å². The van der Waals surface area contributed by atoms with E-state index >= 15 is 0 Å². The minimum atomic E-state index is -0.190. The number of hydrogen-bond donors (Lipinski definition) is 1. The van der Waals surface area contributed by atoms with E-state index in [-0.39, 0.29) is 5.82 Å². The normalized spacial score (nSPS) is 16.8. The van der Waals surface area contributed by atoms with Gasteiger partial charge in [-0.25, -0.2) is 4.39 Å². The van der Waals surface area contributed by atoms with Crippen molar-refractivity contribution in [3.8, 4) is 0 Å². The zero-order valence-electron chi connectivity index (χ0n) is 10.9.